The largest absolute Gasteiger partial charge is 0.318 e. The minimum atomic E-state index is -0.495. The van der Waals surface area contributed by atoms with Gasteiger partial charge in [-0.05, 0) is 7.05 Å². The highest BCUT2D eigenvalue weighted by atomic mass is 16.2. The van der Waals surface area contributed by atoms with E-state index in [1.165, 1.54) is 4.90 Å². The van der Waals surface area contributed by atoms with Crippen molar-refractivity contribution in [3.63, 3.8) is 0 Å². The number of carbonyl (C=O) groups is 2. The Bertz CT molecular complexity index is 236. The monoisotopic (exact) mass is 184 g/mol. The van der Waals surface area contributed by atoms with Crippen LogP contribution in [0.3, 0.4) is 0 Å². The number of likely N-dealkylation sites (N-methyl/N-ethyl adjacent to an activating group) is 1. The molecule has 13 heavy (non-hydrogen) atoms. The molecule has 0 aromatic rings. The molecule has 0 aliphatic carbocycles. The van der Waals surface area contributed by atoms with Crippen LogP contribution >= 0.6 is 0 Å². The molecule has 0 bridgehead atoms. The van der Waals surface area contributed by atoms with Crippen molar-refractivity contribution < 1.29 is 9.59 Å². The fourth-order valence-electron chi connectivity index (χ4n) is 1.48. The highest BCUT2D eigenvalue weighted by Gasteiger charge is 2.44. The van der Waals surface area contributed by atoms with Gasteiger partial charge in [-0.3, -0.25) is 14.5 Å². The number of rotatable bonds is 3. The summed E-state index contributed by atoms with van der Waals surface area (Å²) in [6.45, 7) is 4.77. The van der Waals surface area contributed by atoms with Gasteiger partial charge >= 0.3 is 0 Å². The van der Waals surface area contributed by atoms with Crippen molar-refractivity contribution in [2.75, 3.05) is 20.1 Å². The Hall–Kier alpha value is -0.900. The number of hydrogen-bond donors (Lipinski definition) is 1. The summed E-state index contributed by atoms with van der Waals surface area (Å²) in [5.74, 6) is -0.0991. The number of amides is 2. The highest BCUT2D eigenvalue weighted by molar-refractivity contribution is 6.05. The van der Waals surface area contributed by atoms with E-state index in [0.717, 1.165) is 0 Å². The van der Waals surface area contributed by atoms with E-state index in [-0.39, 0.29) is 11.8 Å². The number of nitrogens with one attached hydrogen (secondary N) is 1. The van der Waals surface area contributed by atoms with Crippen LogP contribution in [0.25, 0.3) is 0 Å². The number of hydrogen-bond acceptors (Lipinski definition) is 3. The van der Waals surface area contributed by atoms with Crippen molar-refractivity contribution in [2.24, 2.45) is 5.41 Å². The van der Waals surface area contributed by atoms with Crippen LogP contribution < -0.4 is 5.32 Å². The first-order chi connectivity index (χ1) is 5.99. The molecule has 0 radical (unpaired) electrons. The van der Waals surface area contributed by atoms with Crippen molar-refractivity contribution >= 4 is 11.8 Å². The molecule has 74 valence electrons. The number of imide groups is 1. The molecule has 4 heteroatoms. The van der Waals surface area contributed by atoms with Crippen LogP contribution in [0.2, 0.25) is 0 Å². The summed E-state index contributed by atoms with van der Waals surface area (Å²) in [6, 6.07) is 0. The third kappa shape index (κ3) is 1.88. The Labute approximate surface area is 78.3 Å². The average molecular weight is 184 g/mol. The second kappa shape index (κ2) is 3.46. The maximum absolute atomic E-state index is 11.6. The topological polar surface area (TPSA) is 49.4 Å². The van der Waals surface area contributed by atoms with Gasteiger partial charge in [-0.15, -0.1) is 0 Å². The predicted molar refractivity (Wildman–Crippen MR) is 49.0 cm³/mol. The van der Waals surface area contributed by atoms with E-state index >= 15 is 0 Å². The Kier molecular flexibility index (Phi) is 2.71. The second-order valence-corrected chi connectivity index (χ2v) is 4.01. The fourth-order valence-corrected chi connectivity index (χ4v) is 1.48. The Morgan fingerprint density at radius 1 is 1.46 bits per heavy atom. The quantitative estimate of drug-likeness (QED) is 0.628. The van der Waals surface area contributed by atoms with Crippen molar-refractivity contribution in [1.82, 2.24) is 10.2 Å². The second-order valence-electron chi connectivity index (χ2n) is 4.01. The van der Waals surface area contributed by atoms with E-state index < -0.39 is 5.41 Å². The van der Waals surface area contributed by atoms with Crippen LogP contribution in [0.4, 0.5) is 0 Å². The number of carbonyl (C=O) groups excluding carboxylic acids is 2. The first-order valence-corrected chi connectivity index (χ1v) is 4.48. The Balaban J connectivity index is 2.66. The summed E-state index contributed by atoms with van der Waals surface area (Å²) in [5.41, 5.74) is -0.495. The summed E-state index contributed by atoms with van der Waals surface area (Å²) >= 11 is 0. The third-order valence-electron chi connectivity index (χ3n) is 2.30. The molecule has 0 aromatic carbocycles. The van der Waals surface area contributed by atoms with Gasteiger partial charge in [-0.25, -0.2) is 0 Å². The van der Waals surface area contributed by atoms with Gasteiger partial charge in [-0.2, -0.15) is 0 Å². The van der Waals surface area contributed by atoms with Crippen LogP contribution in [-0.2, 0) is 9.59 Å². The molecule has 0 aromatic heterocycles. The maximum atomic E-state index is 11.6. The molecule has 1 rings (SSSR count). The minimum absolute atomic E-state index is 0.0484. The van der Waals surface area contributed by atoms with E-state index in [2.05, 4.69) is 5.32 Å². The summed E-state index contributed by atoms with van der Waals surface area (Å²) in [4.78, 5) is 24.3. The lowest BCUT2D eigenvalue weighted by Gasteiger charge is -2.17. The molecule has 0 spiro atoms. The molecule has 0 saturated carbocycles. The zero-order chi connectivity index (χ0) is 10.1. The van der Waals surface area contributed by atoms with Gasteiger partial charge < -0.3 is 5.32 Å². The van der Waals surface area contributed by atoms with Gasteiger partial charge in [0.25, 0.3) is 0 Å². The van der Waals surface area contributed by atoms with Crippen molar-refractivity contribution in [3.8, 4) is 0 Å². The van der Waals surface area contributed by atoms with E-state index in [1.54, 1.807) is 7.05 Å². The lowest BCUT2D eigenvalue weighted by molar-refractivity contribution is -0.140. The van der Waals surface area contributed by atoms with Gasteiger partial charge in [0.2, 0.25) is 11.8 Å². The first-order valence-electron chi connectivity index (χ1n) is 4.48. The average Bonchev–Trinajstić information content (AvgIpc) is 2.21. The highest BCUT2D eigenvalue weighted by Crippen LogP contribution is 2.30. The van der Waals surface area contributed by atoms with Crippen molar-refractivity contribution in [2.45, 2.75) is 20.3 Å². The SMILES string of the molecule is CNCCN1C(=O)CC(C)(C)C1=O. The summed E-state index contributed by atoms with van der Waals surface area (Å²) < 4.78 is 0. The Morgan fingerprint density at radius 2 is 2.08 bits per heavy atom. The Morgan fingerprint density at radius 3 is 2.46 bits per heavy atom. The van der Waals surface area contributed by atoms with Gasteiger partial charge in [0.15, 0.2) is 0 Å². The molecule has 1 saturated heterocycles. The number of likely N-dealkylation sites (tertiary alicyclic amines) is 1. The van der Waals surface area contributed by atoms with Crippen LogP contribution in [-0.4, -0.2) is 36.9 Å². The standard InChI is InChI=1S/C9H16N2O2/c1-9(2)6-7(12)11(8(9)13)5-4-10-3/h10H,4-6H2,1-3H3. The molecule has 0 unspecified atom stereocenters. The molecule has 1 N–H and O–H groups in total. The van der Waals surface area contributed by atoms with Gasteiger partial charge in [0, 0.05) is 19.5 Å². The number of nitrogens with zero attached hydrogens (tertiary/aromatic N) is 1. The van der Waals surface area contributed by atoms with Crippen LogP contribution in [0.5, 0.6) is 0 Å². The van der Waals surface area contributed by atoms with Crippen LogP contribution in [0, 0.1) is 5.41 Å². The molecule has 2 amide bonds. The zero-order valence-corrected chi connectivity index (χ0v) is 8.39. The fraction of sp³-hybridized carbons (Fsp3) is 0.778. The summed E-state index contributed by atoms with van der Waals surface area (Å²) in [7, 11) is 1.80. The third-order valence-corrected chi connectivity index (χ3v) is 2.30. The van der Waals surface area contributed by atoms with Crippen molar-refractivity contribution in [3.05, 3.63) is 0 Å². The first kappa shape index (κ1) is 10.2. The minimum Gasteiger partial charge on any atom is -0.318 e. The van der Waals surface area contributed by atoms with E-state index in [4.69, 9.17) is 0 Å². The molecular weight excluding hydrogens is 168 g/mol. The molecule has 0 atom stereocenters. The van der Waals surface area contributed by atoms with Crippen LogP contribution in [0.15, 0.2) is 0 Å². The lowest BCUT2D eigenvalue weighted by Crippen LogP contribution is -2.37. The van der Waals surface area contributed by atoms with Gasteiger partial charge in [0.1, 0.15) is 0 Å². The van der Waals surface area contributed by atoms with E-state index in [9.17, 15) is 9.59 Å². The zero-order valence-electron chi connectivity index (χ0n) is 8.39. The molecule has 1 aliphatic heterocycles. The smallest absolute Gasteiger partial charge is 0.235 e. The van der Waals surface area contributed by atoms with E-state index in [1.807, 2.05) is 13.8 Å². The molecule has 1 heterocycles. The molecule has 1 fully saturated rings. The van der Waals surface area contributed by atoms with Gasteiger partial charge in [-0.1, -0.05) is 13.8 Å². The molecular formula is C9H16N2O2. The van der Waals surface area contributed by atoms with E-state index in [0.29, 0.717) is 19.5 Å². The van der Waals surface area contributed by atoms with Crippen LogP contribution in [0.1, 0.15) is 20.3 Å². The van der Waals surface area contributed by atoms with Crippen molar-refractivity contribution in [1.29, 1.82) is 0 Å². The lowest BCUT2D eigenvalue weighted by atomic mass is 9.92. The molecule has 1 aliphatic rings. The normalized spacial score (nSPS) is 21.3. The molecule has 4 nitrogen and oxygen atoms in total. The predicted octanol–water partition coefficient (Wildman–Crippen LogP) is -0.00910. The van der Waals surface area contributed by atoms with Gasteiger partial charge in [0.05, 0.1) is 5.41 Å². The summed E-state index contributed by atoms with van der Waals surface area (Å²) in [6.07, 6.45) is 0.343. The summed E-state index contributed by atoms with van der Waals surface area (Å²) in [5, 5.41) is 2.92. The maximum Gasteiger partial charge on any atom is 0.235 e.